The Bertz CT molecular complexity index is 288. The number of aliphatic imine (C=N–C) groups is 1. The summed E-state index contributed by atoms with van der Waals surface area (Å²) < 4.78 is 0. The van der Waals surface area contributed by atoms with E-state index >= 15 is 0 Å². The summed E-state index contributed by atoms with van der Waals surface area (Å²) in [6.45, 7) is 0.882. The molecule has 11 heavy (non-hydrogen) atoms. The van der Waals surface area contributed by atoms with Crippen molar-refractivity contribution in [3.05, 3.63) is 21.9 Å². The fourth-order valence-corrected chi connectivity index (χ4v) is 2.22. The van der Waals surface area contributed by atoms with Crippen molar-refractivity contribution < 1.29 is 0 Å². The molecule has 0 unspecified atom stereocenters. The van der Waals surface area contributed by atoms with Crippen LogP contribution in [0.15, 0.2) is 16.4 Å². The van der Waals surface area contributed by atoms with E-state index in [4.69, 9.17) is 5.73 Å². The minimum absolute atomic E-state index is 0.721. The molecule has 0 spiro atoms. The maximum atomic E-state index is 5.75. The molecule has 0 saturated heterocycles. The van der Waals surface area contributed by atoms with Gasteiger partial charge < -0.3 is 5.73 Å². The van der Waals surface area contributed by atoms with Gasteiger partial charge in [0.05, 0.1) is 0 Å². The minimum atomic E-state index is 0.721. The standard InChI is InChI=1S/C8H10N2S/c9-8-6-3-5-11-7(6)2-1-4-10-8/h3,5H,1-2,4H2,(H2,9,10). The molecule has 0 fully saturated rings. The molecule has 0 amide bonds. The van der Waals surface area contributed by atoms with Gasteiger partial charge in [0.1, 0.15) is 5.84 Å². The highest BCUT2D eigenvalue weighted by molar-refractivity contribution is 7.10. The average molecular weight is 166 g/mol. The molecular weight excluding hydrogens is 156 g/mol. The van der Waals surface area contributed by atoms with Gasteiger partial charge in [-0.05, 0) is 24.3 Å². The number of aryl methyl sites for hydroxylation is 1. The van der Waals surface area contributed by atoms with Crippen molar-refractivity contribution in [2.24, 2.45) is 10.7 Å². The fraction of sp³-hybridized carbons (Fsp3) is 0.375. The van der Waals surface area contributed by atoms with Gasteiger partial charge in [-0.15, -0.1) is 11.3 Å². The van der Waals surface area contributed by atoms with E-state index in [0.29, 0.717) is 0 Å². The SMILES string of the molecule is NC1=NCCCc2sccc21. The Balaban J connectivity index is 2.48. The van der Waals surface area contributed by atoms with Crippen molar-refractivity contribution in [1.82, 2.24) is 0 Å². The van der Waals surface area contributed by atoms with Crippen LogP contribution >= 0.6 is 11.3 Å². The lowest BCUT2D eigenvalue weighted by atomic mass is 10.2. The number of fused-ring (bicyclic) bond motifs is 1. The topological polar surface area (TPSA) is 38.4 Å². The maximum absolute atomic E-state index is 5.75. The molecule has 2 rings (SSSR count). The van der Waals surface area contributed by atoms with E-state index in [1.165, 1.54) is 4.88 Å². The molecule has 1 aliphatic rings. The first-order valence-electron chi connectivity index (χ1n) is 3.74. The van der Waals surface area contributed by atoms with Crippen molar-refractivity contribution in [1.29, 1.82) is 0 Å². The van der Waals surface area contributed by atoms with E-state index in [2.05, 4.69) is 16.4 Å². The zero-order valence-electron chi connectivity index (χ0n) is 6.21. The van der Waals surface area contributed by atoms with E-state index in [1.807, 2.05) is 0 Å². The second-order valence-corrected chi connectivity index (χ2v) is 3.63. The zero-order valence-corrected chi connectivity index (χ0v) is 7.03. The van der Waals surface area contributed by atoms with Crippen LogP contribution in [0.3, 0.4) is 0 Å². The Hall–Kier alpha value is -0.830. The van der Waals surface area contributed by atoms with Gasteiger partial charge in [0, 0.05) is 17.0 Å². The van der Waals surface area contributed by atoms with Crippen molar-refractivity contribution >= 4 is 17.2 Å². The van der Waals surface area contributed by atoms with Crippen molar-refractivity contribution in [2.75, 3.05) is 6.54 Å². The first kappa shape index (κ1) is 6.85. The van der Waals surface area contributed by atoms with Gasteiger partial charge >= 0.3 is 0 Å². The molecule has 0 aliphatic carbocycles. The summed E-state index contributed by atoms with van der Waals surface area (Å²) in [6, 6.07) is 2.06. The summed E-state index contributed by atoms with van der Waals surface area (Å²) in [4.78, 5) is 5.63. The quantitative estimate of drug-likeness (QED) is 0.621. The highest BCUT2D eigenvalue weighted by atomic mass is 32.1. The number of thiophene rings is 1. The van der Waals surface area contributed by atoms with E-state index < -0.39 is 0 Å². The van der Waals surface area contributed by atoms with E-state index in [0.717, 1.165) is 30.8 Å². The molecule has 0 aromatic carbocycles. The first-order chi connectivity index (χ1) is 5.38. The van der Waals surface area contributed by atoms with Crippen LogP contribution in [0.25, 0.3) is 0 Å². The van der Waals surface area contributed by atoms with Crippen LogP contribution < -0.4 is 5.73 Å². The second-order valence-electron chi connectivity index (χ2n) is 2.63. The molecule has 0 radical (unpaired) electrons. The summed E-state index contributed by atoms with van der Waals surface area (Å²) in [7, 11) is 0. The highest BCUT2D eigenvalue weighted by Crippen LogP contribution is 2.20. The number of hydrogen-bond acceptors (Lipinski definition) is 3. The van der Waals surface area contributed by atoms with Crippen LogP contribution in [0.5, 0.6) is 0 Å². The summed E-state index contributed by atoms with van der Waals surface area (Å²) in [6.07, 6.45) is 2.27. The highest BCUT2D eigenvalue weighted by Gasteiger charge is 2.10. The average Bonchev–Trinajstić information content (AvgIpc) is 2.40. The van der Waals surface area contributed by atoms with Crippen LogP contribution in [-0.2, 0) is 6.42 Å². The Morgan fingerprint density at radius 2 is 2.45 bits per heavy atom. The molecule has 0 saturated carbocycles. The molecule has 2 heterocycles. The van der Waals surface area contributed by atoms with Crippen LogP contribution in [0, 0.1) is 0 Å². The molecule has 1 aliphatic heterocycles. The number of amidine groups is 1. The number of nitrogens with two attached hydrogens (primary N) is 1. The van der Waals surface area contributed by atoms with E-state index in [1.54, 1.807) is 11.3 Å². The Morgan fingerprint density at radius 1 is 1.55 bits per heavy atom. The van der Waals surface area contributed by atoms with E-state index in [9.17, 15) is 0 Å². The van der Waals surface area contributed by atoms with Crippen molar-refractivity contribution in [2.45, 2.75) is 12.8 Å². The van der Waals surface area contributed by atoms with Crippen LogP contribution in [0.4, 0.5) is 0 Å². The van der Waals surface area contributed by atoms with Crippen molar-refractivity contribution in [3.63, 3.8) is 0 Å². The van der Waals surface area contributed by atoms with Gasteiger partial charge in [-0.25, -0.2) is 0 Å². The van der Waals surface area contributed by atoms with Gasteiger partial charge in [0.25, 0.3) is 0 Å². The third-order valence-corrected chi connectivity index (χ3v) is 2.85. The molecular formula is C8H10N2S. The zero-order chi connectivity index (χ0) is 7.68. The maximum Gasteiger partial charge on any atom is 0.126 e. The lowest BCUT2D eigenvalue weighted by Crippen LogP contribution is -2.12. The summed E-state index contributed by atoms with van der Waals surface area (Å²) >= 11 is 1.78. The van der Waals surface area contributed by atoms with Gasteiger partial charge in [0.15, 0.2) is 0 Å². The molecule has 1 aromatic rings. The minimum Gasteiger partial charge on any atom is -0.383 e. The van der Waals surface area contributed by atoms with Gasteiger partial charge in [0.2, 0.25) is 0 Å². The number of rotatable bonds is 0. The predicted molar refractivity (Wildman–Crippen MR) is 48.2 cm³/mol. The second kappa shape index (κ2) is 2.66. The number of hydrogen-bond donors (Lipinski definition) is 1. The largest absolute Gasteiger partial charge is 0.383 e. The molecule has 3 heteroatoms. The lowest BCUT2D eigenvalue weighted by molar-refractivity contribution is 0.854. The van der Waals surface area contributed by atoms with Crippen LogP contribution in [0.1, 0.15) is 16.9 Å². The molecule has 0 bridgehead atoms. The normalized spacial score (nSPS) is 16.9. The predicted octanol–water partition coefficient (Wildman–Crippen LogP) is 1.40. The van der Waals surface area contributed by atoms with Gasteiger partial charge in [-0.2, -0.15) is 0 Å². The molecule has 2 nitrogen and oxygen atoms in total. The van der Waals surface area contributed by atoms with Crippen LogP contribution in [0.2, 0.25) is 0 Å². The Labute approximate surface area is 69.8 Å². The van der Waals surface area contributed by atoms with Crippen molar-refractivity contribution in [3.8, 4) is 0 Å². The summed E-state index contributed by atoms with van der Waals surface area (Å²) in [5.41, 5.74) is 6.91. The first-order valence-corrected chi connectivity index (χ1v) is 4.62. The molecule has 0 atom stereocenters. The number of nitrogens with zero attached hydrogens (tertiary/aromatic N) is 1. The van der Waals surface area contributed by atoms with Crippen LogP contribution in [-0.4, -0.2) is 12.4 Å². The molecule has 58 valence electrons. The molecule has 2 N–H and O–H groups in total. The third-order valence-electron chi connectivity index (χ3n) is 1.87. The summed E-state index contributed by atoms with van der Waals surface area (Å²) in [5, 5.41) is 2.08. The fourth-order valence-electron chi connectivity index (χ4n) is 1.29. The van der Waals surface area contributed by atoms with Gasteiger partial charge in [-0.1, -0.05) is 0 Å². The molecule has 1 aromatic heterocycles. The smallest absolute Gasteiger partial charge is 0.126 e. The monoisotopic (exact) mass is 166 g/mol. The third kappa shape index (κ3) is 1.16. The lowest BCUT2D eigenvalue weighted by Gasteiger charge is -1.95. The van der Waals surface area contributed by atoms with E-state index in [-0.39, 0.29) is 0 Å². The summed E-state index contributed by atoms with van der Waals surface area (Å²) in [5.74, 6) is 0.721. The Kier molecular flexibility index (Phi) is 1.66. The Morgan fingerprint density at radius 3 is 3.36 bits per heavy atom. The van der Waals surface area contributed by atoms with Gasteiger partial charge in [-0.3, -0.25) is 4.99 Å².